The molecular weight excluding hydrogens is 595 g/mol. The lowest BCUT2D eigenvalue weighted by atomic mass is 9.79. The van der Waals surface area contributed by atoms with Gasteiger partial charge in [0.05, 0.1) is 44.1 Å². The van der Waals surface area contributed by atoms with E-state index in [4.69, 9.17) is 14.5 Å². The number of quaternary nitrogens is 1. The number of nitrogens with zero attached hydrogens (tertiary/aromatic N) is 4. The van der Waals surface area contributed by atoms with Gasteiger partial charge in [-0.25, -0.2) is 4.99 Å². The highest BCUT2D eigenvalue weighted by atomic mass is 19.4. The average molecular weight is 643 g/mol. The molecule has 0 spiro atoms. The minimum Gasteiger partial charge on any atom is -0.474 e. The van der Waals surface area contributed by atoms with Crippen molar-refractivity contribution in [3.8, 4) is 11.8 Å². The van der Waals surface area contributed by atoms with E-state index in [-0.39, 0.29) is 23.5 Å². The van der Waals surface area contributed by atoms with Gasteiger partial charge >= 0.3 is 6.18 Å². The molecule has 250 valence electrons. The third-order valence-corrected chi connectivity index (χ3v) is 8.88. The molecule has 0 bridgehead atoms. The van der Waals surface area contributed by atoms with E-state index >= 15 is 0 Å². The number of morpholine rings is 1. The number of carbonyl (C=O) groups excluding carboxylic acids is 1. The third-order valence-electron chi connectivity index (χ3n) is 8.88. The molecule has 1 fully saturated rings. The molecule has 3 aliphatic heterocycles. The van der Waals surface area contributed by atoms with E-state index in [1.165, 1.54) is 6.08 Å². The van der Waals surface area contributed by atoms with Crippen LogP contribution in [0, 0.1) is 35.5 Å². The number of likely N-dealkylation sites (N-methyl/N-ethyl adjacent to an activating group) is 2. The summed E-state index contributed by atoms with van der Waals surface area (Å²) in [6.07, 6.45) is 11.1. The number of carbonyl (C=O) groups is 1. The van der Waals surface area contributed by atoms with Gasteiger partial charge in [-0.05, 0) is 43.8 Å². The van der Waals surface area contributed by atoms with Crippen molar-refractivity contribution in [2.24, 2.45) is 28.7 Å². The second-order valence-corrected chi connectivity index (χ2v) is 12.4. The molecule has 0 aromatic rings. The number of hydrogen-bond donors (Lipinski definition) is 1. The second-order valence-electron chi connectivity index (χ2n) is 12.4. The summed E-state index contributed by atoms with van der Waals surface area (Å²) in [5, 5.41) is 2.60. The van der Waals surface area contributed by atoms with Crippen LogP contribution in [0.5, 0.6) is 0 Å². The highest BCUT2D eigenvalue weighted by Gasteiger charge is 2.39. The summed E-state index contributed by atoms with van der Waals surface area (Å²) in [5.41, 5.74) is 0.193. The number of halogens is 3. The maximum atomic E-state index is 14.0. The van der Waals surface area contributed by atoms with Gasteiger partial charge in [-0.1, -0.05) is 37.1 Å². The van der Waals surface area contributed by atoms with Crippen LogP contribution < -0.4 is 5.32 Å². The first kappa shape index (κ1) is 35.1. The number of amides is 1. The first-order chi connectivity index (χ1) is 21.9. The topological polar surface area (TPSA) is 66.4 Å². The van der Waals surface area contributed by atoms with E-state index in [0.29, 0.717) is 49.7 Å². The number of rotatable bonds is 11. The molecule has 4 unspecified atom stereocenters. The molecule has 1 saturated heterocycles. The Bertz CT molecular complexity index is 1380. The van der Waals surface area contributed by atoms with Crippen molar-refractivity contribution < 1.29 is 31.9 Å². The zero-order valence-electron chi connectivity index (χ0n) is 27.5. The molecule has 0 aromatic carbocycles. The molecule has 3 heterocycles. The summed E-state index contributed by atoms with van der Waals surface area (Å²) in [4.78, 5) is 21.9. The first-order valence-electron chi connectivity index (χ1n) is 16.0. The second kappa shape index (κ2) is 15.7. The maximum absolute atomic E-state index is 14.0. The van der Waals surface area contributed by atoms with Gasteiger partial charge in [0, 0.05) is 57.6 Å². The summed E-state index contributed by atoms with van der Waals surface area (Å²) < 4.78 is 54.1. The fourth-order valence-electron chi connectivity index (χ4n) is 6.13. The molecule has 4 atom stereocenters. The van der Waals surface area contributed by atoms with Gasteiger partial charge in [0.15, 0.2) is 5.70 Å². The van der Waals surface area contributed by atoms with Crippen LogP contribution in [0.25, 0.3) is 0 Å². The van der Waals surface area contributed by atoms with Crippen molar-refractivity contribution in [2.75, 3.05) is 66.6 Å². The van der Waals surface area contributed by atoms with Crippen LogP contribution in [0.15, 0.2) is 76.7 Å². The number of nitrogens with one attached hydrogen (secondary N) is 1. The normalized spacial score (nSPS) is 24.7. The van der Waals surface area contributed by atoms with Crippen molar-refractivity contribution >= 4 is 12.1 Å². The van der Waals surface area contributed by atoms with Crippen molar-refractivity contribution in [3.05, 3.63) is 71.7 Å². The molecule has 11 heteroatoms. The summed E-state index contributed by atoms with van der Waals surface area (Å²) in [7, 11) is 4.12. The van der Waals surface area contributed by atoms with E-state index in [1.54, 1.807) is 0 Å². The largest absolute Gasteiger partial charge is 0.474 e. The standard InChI is InChI=1S/C35H46F3N5O3/c1-6-8-26(3)31(28-22-32(34(39-24-28)46-7-2)43(5)17-19-45-20-18-43)11-12-33(44)40-30-10-9-27(21-29(23-30)35(36,37)38)25-42-15-13-41(4)14-16-42/h6,8,11-13,15,21,23-24,26-28,31H,7,14,16-20,22,25H2,1-5H3/p+1/b8-6-,12-11+. The lowest BCUT2D eigenvalue weighted by Crippen LogP contribution is -2.52. The van der Waals surface area contributed by atoms with Crippen LogP contribution in [-0.4, -0.2) is 99.2 Å². The fraction of sp³-hybridized carbons (Fsp3) is 0.543. The molecule has 1 aliphatic carbocycles. The predicted molar refractivity (Wildman–Crippen MR) is 174 cm³/mol. The van der Waals surface area contributed by atoms with Crippen LogP contribution in [0.1, 0.15) is 27.2 Å². The molecule has 8 nitrogen and oxygen atoms in total. The molecular formula is C35H47F3N5O3+. The Morgan fingerprint density at radius 1 is 1.26 bits per heavy atom. The summed E-state index contributed by atoms with van der Waals surface area (Å²) >= 11 is 0. The van der Waals surface area contributed by atoms with Crippen LogP contribution in [0.2, 0.25) is 0 Å². The smallest absolute Gasteiger partial charge is 0.416 e. The Balaban J connectivity index is 1.52. The van der Waals surface area contributed by atoms with Gasteiger partial charge in [0.25, 0.3) is 5.88 Å². The van der Waals surface area contributed by atoms with Crippen molar-refractivity contribution in [1.29, 1.82) is 0 Å². The predicted octanol–water partition coefficient (Wildman–Crippen LogP) is 4.98. The van der Waals surface area contributed by atoms with Gasteiger partial charge in [0.2, 0.25) is 5.91 Å². The number of allylic oxidation sites excluding steroid dienone is 7. The van der Waals surface area contributed by atoms with Crippen molar-refractivity contribution in [2.45, 2.75) is 33.4 Å². The highest BCUT2D eigenvalue weighted by Crippen LogP contribution is 2.37. The van der Waals surface area contributed by atoms with E-state index in [0.717, 1.165) is 37.5 Å². The molecule has 4 rings (SSSR count). The van der Waals surface area contributed by atoms with Crippen LogP contribution in [-0.2, 0) is 14.3 Å². The lowest BCUT2D eigenvalue weighted by Gasteiger charge is -2.41. The van der Waals surface area contributed by atoms with Crippen molar-refractivity contribution in [3.63, 3.8) is 0 Å². The summed E-state index contributed by atoms with van der Waals surface area (Å²) in [6.45, 7) is 11.2. The monoisotopic (exact) mass is 642 g/mol. The van der Waals surface area contributed by atoms with Gasteiger partial charge in [-0.15, -0.1) is 0 Å². The molecule has 0 saturated carbocycles. The van der Waals surface area contributed by atoms with Crippen LogP contribution in [0.3, 0.4) is 0 Å². The average Bonchev–Trinajstić information content (AvgIpc) is 3.22. The number of ether oxygens (including phenoxy) is 2. The molecule has 0 aromatic heterocycles. The summed E-state index contributed by atoms with van der Waals surface area (Å²) in [6, 6.07) is 0. The zero-order valence-corrected chi connectivity index (χ0v) is 27.5. The Kier molecular flexibility index (Phi) is 12.0. The fourth-order valence-corrected chi connectivity index (χ4v) is 6.13. The Hall–Kier alpha value is -3.75. The van der Waals surface area contributed by atoms with E-state index in [2.05, 4.69) is 37.2 Å². The number of aliphatic imine (C=N–C) groups is 1. The first-order valence-corrected chi connectivity index (χ1v) is 16.0. The van der Waals surface area contributed by atoms with Crippen LogP contribution in [0.4, 0.5) is 13.2 Å². The minimum absolute atomic E-state index is 0.0201. The number of hydrogen-bond acceptors (Lipinski definition) is 6. The molecule has 0 radical (unpaired) electrons. The molecule has 1 amide bonds. The highest BCUT2D eigenvalue weighted by molar-refractivity contribution is 5.89. The molecule has 1 N–H and O–H groups in total. The zero-order chi connectivity index (χ0) is 33.3. The quantitative estimate of drug-likeness (QED) is 0.149. The van der Waals surface area contributed by atoms with E-state index in [1.807, 2.05) is 61.5 Å². The minimum atomic E-state index is -4.59. The lowest BCUT2D eigenvalue weighted by molar-refractivity contribution is -0.883. The number of alkyl halides is 3. The Morgan fingerprint density at radius 2 is 2.02 bits per heavy atom. The van der Waals surface area contributed by atoms with Gasteiger partial charge in [0.1, 0.15) is 13.1 Å². The Morgan fingerprint density at radius 3 is 2.67 bits per heavy atom. The molecule has 4 aliphatic rings. The third kappa shape index (κ3) is 9.39. The maximum Gasteiger partial charge on any atom is 0.416 e. The van der Waals surface area contributed by atoms with Gasteiger partial charge < -0.3 is 24.6 Å². The summed E-state index contributed by atoms with van der Waals surface area (Å²) in [5.74, 6) is 5.12. The van der Waals surface area contributed by atoms with E-state index in [9.17, 15) is 18.0 Å². The Labute approximate surface area is 271 Å². The SMILES string of the molecule is C/C=C\C(C)C(/C=C/C(=O)NC1=CC(C(F)(F)F)=CC(CN2C=CN(C)CC2)C#C1)C1C=NC(OCC)=C([N+]2(C)CCOCC2)C1. The van der Waals surface area contributed by atoms with Gasteiger partial charge in [-0.3, -0.25) is 9.28 Å². The van der Waals surface area contributed by atoms with E-state index < -0.39 is 23.6 Å². The van der Waals surface area contributed by atoms with Gasteiger partial charge in [-0.2, -0.15) is 13.2 Å². The molecule has 46 heavy (non-hydrogen) atoms. The van der Waals surface area contributed by atoms with Crippen molar-refractivity contribution in [1.82, 2.24) is 15.1 Å². The van der Waals surface area contributed by atoms with Crippen LogP contribution >= 0.6 is 0 Å².